The number of alkyl halides is 2. The summed E-state index contributed by atoms with van der Waals surface area (Å²) < 4.78 is 29.2. The van der Waals surface area contributed by atoms with Crippen molar-refractivity contribution in [3.63, 3.8) is 0 Å². The fourth-order valence-corrected chi connectivity index (χ4v) is 2.52. The van der Waals surface area contributed by atoms with Crippen LogP contribution in [0.5, 0.6) is 0 Å². The van der Waals surface area contributed by atoms with Crippen LogP contribution in [-0.2, 0) is 7.05 Å². The summed E-state index contributed by atoms with van der Waals surface area (Å²) in [5.74, 6) is -0.130. The minimum Gasteiger partial charge on any atom is -0.337 e. The van der Waals surface area contributed by atoms with Gasteiger partial charge in [-0.15, -0.1) is 0 Å². The molecule has 1 N–H and O–H groups in total. The van der Waals surface area contributed by atoms with E-state index in [1.54, 1.807) is 26.1 Å². The first-order valence-corrected chi connectivity index (χ1v) is 6.67. The maximum atomic E-state index is 13.8. The Bertz CT molecular complexity index is 593. The summed E-state index contributed by atoms with van der Waals surface area (Å²) in [6.45, 7) is 1.64. The molecule has 0 saturated heterocycles. The van der Waals surface area contributed by atoms with Crippen molar-refractivity contribution >= 4 is 39.0 Å². The molecule has 0 amide bonds. The average Bonchev–Trinajstić information content (AvgIpc) is 2.58. The molecule has 1 atom stereocenters. The van der Waals surface area contributed by atoms with Crippen LogP contribution in [0.3, 0.4) is 0 Å². The van der Waals surface area contributed by atoms with Gasteiger partial charge < -0.3 is 5.32 Å². The van der Waals surface area contributed by atoms with Crippen LogP contribution in [0.15, 0.2) is 22.7 Å². The Kier molecular flexibility index (Phi) is 4.10. The van der Waals surface area contributed by atoms with E-state index in [9.17, 15) is 8.78 Å². The largest absolute Gasteiger partial charge is 0.337 e. The number of rotatable bonds is 3. The van der Waals surface area contributed by atoms with E-state index in [-0.39, 0.29) is 11.3 Å². The molecule has 0 aliphatic heterocycles. The zero-order chi connectivity index (χ0) is 14.2. The standard InChI is InChI=1S/C12H11BrClF2N3/c1-6-9(11(14)16)12(19(2)18-6)17-10-7(13)4-3-5-8(10)15/h3-5,11,17H,1-2H3. The van der Waals surface area contributed by atoms with E-state index in [2.05, 4.69) is 26.3 Å². The molecule has 0 bridgehead atoms. The van der Waals surface area contributed by atoms with Gasteiger partial charge in [0.25, 0.3) is 0 Å². The summed E-state index contributed by atoms with van der Waals surface area (Å²) in [5.41, 5.74) is -0.829. The molecule has 1 aromatic heterocycles. The number of benzene rings is 1. The van der Waals surface area contributed by atoms with Crippen LogP contribution in [0.25, 0.3) is 0 Å². The third-order valence-corrected chi connectivity index (χ3v) is 3.57. The zero-order valence-electron chi connectivity index (χ0n) is 10.2. The van der Waals surface area contributed by atoms with E-state index < -0.39 is 11.4 Å². The summed E-state index contributed by atoms with van der Waals surface area (Å²) in [6.07, 6.45) is 0. The molecule has 0 spiro atoms. The van der Waals surface area contributed by atoms with E-state index in [1.807, 2.05) is 0 Å². The monoisotopic (exact) mass is 349 g/mol. The number of nitrogens with one attached hydrogen (secondary N) is 1. The maximum absolute atomic E-state index is 13.8. The van der Waals surface area contributed by atoms with E-state index in [0.29, 0.717) is 16.0 Å². The van der Waals surface area contributed by atoms with Gasteiger partial charge in [-0.2, -0.15) is 5.10 Å². The number of anilines is 2. The van der Waals surface area contributed by atoms with Crippen molar-refractivity contribution in [3.05, 3.63) is 39.7 Å². The van der Waals surface area contributed by atoms with Crippen LogP contribution in [0.1, 0.15) is 16.9 Å². The van der Waals surface area contributed by atoms with Crippen molar-refractivity contribution in [1.29, 1.82) is 0 Å². The minimum absolute atomic E-state index is 0.208. The number of para-hydroxylation sites is 1. The normalized spacial score (nSPS) is 12.5. The van der Waals surface area contributed by atoms with Crippen LogP contribution >= 0.6 is 27.5 Å². The first-order chi connectivity index (χ1) is 8.91. The Morgan fingerprint density at radius 2 is 2.16 bits per heavy atom. The Balaban J connectivity index is 2.50. The molecule has 2 rings (SSSR count). The van der Waals surface area contributed by atoms with Gasteiger partial charge in [0.15, 0.2) is 0 Å². The van der Waals surface area contributed by atoms with Gasteiger partial charge in [0.2, 0.25) is 5.63 Å². The van der Waals surface area contributed by atoms with Crippen molar-refractivity contribution in [1.82, 2.24) is 9.78 Å². The second-order valence-electron chi connectivity index (χ2n) is 3.99. The minimum atomic E-state index is -1.71. The number of hydrogen-bond donors (Lipinski definition) is 1. The lowest BCUT2D eigenvalue weighted by Crippen LogP contribution is -2.03. The number of aromatic nitrogens is 2. The number of nitrogens with zero attached hydrogens (tertiary/aromatic N) is 2. The average molecular weight is 351 g/mol. The first-order valence-electron chi connectivity index (χ1n) is 5.44. The molecule has 102 valence electrons. The SMILES string of the molecule is Cc1nn(C)c(Nc2c(F)cccc2Br)c1C(F)Cl. The van der Waals surface area contributed by atoms with Gasteiger partial charge in [0.05, 0.1) is 16.9 Å². The molecular weight excluding hydrogens is 340 g/mol. The third kappa shape index (κ3) is 2.74. The van der Waals surface area contributed by atoms with Crippen molar-refractivity contribution in [2.75, 3.05) is 5.32 Å². The van der Waals surface area contributed by atoms with Gasteiger partial charge in [-0.3, -0.25) is 4.68 Å². The number of aryl methyl sites for hydroxylation is 2. The van der Waals surface area contributed by atoms with Gasteiger partial charge in [0, 0.05) is 11.5 Å². The topological polar surface area (TPSA) is 29.9 Å². The molecule has 1 aromatic carbocycles. The van der Waals surface area contributed by atoms with Crippen LogP contribution in [0.2, 0.25) is 0 Å². The second kappa shape index (κ2) is 5.46. The van der Waals surface area contributed by atoms with E-state index in [1.165, 1.54) is 10.7 Å². The number of hydrogen-bond acceptors (Lipinski definition) is 2. The Labute approximate surface area is 122 Å². The van der Waals surface area contributed by atoms with Gasteiger partial charge in [-0.05, 0) is 35.0 Å². The van der Waals surface area contributed by atoms with Gasteiger partial charge >= 0.3 is 0 Å². The van der Waals surface area contributed by atoms with E-state index >= 15 is 0 Å². The van der Waals surface area contributed by atoms with Crippen molar-refractivity contribution in [3.8, 4) is 0 Å². The maximum Gasteiger partial charge on any atom is 0.204 e. The molecule has 1 heterocycles. The van der Waals surface area contributed by atoms with Crippen LogP contribution < -0.4 is 5.32 Å². The molecular formula is C12H11BrClF2N3. The van der Waals surface area contributed by atoms with Gasteiger partial charge in [0.1, 0.15) is 11.6 Å². The second-order valence-corrected chi connectivity index (χ2v) is 5.23. The molecule has 2 aromatic rings. The quantitative estimate of drug-likeness (QED) is 0.821. The molecule has 0 radical (unpaired) electrons. The van der Waals surface area contributed by atoms with Crippen LogP contribution in [0.4, 0.5) is 20.3 Å². The predicted octanol–water partition coefficient (Wildman–Crippen LogP) is 4.58. The summed E-state index contributed by atoms with van der Waals surface area (Å²) in [6, 6.07) is 4.56. The van der Waals surface area contributed by atoms with Crippen molar-refractivity contribution < 1.29 is 8.78 Å². The fraction of sp³-hybridized carbons (Fsp3) is 0.250. The highest BCUT2D eigenvalue weighted by molar-refractivity contribution is 9.10. The Morgan fingerprint density at radius 1 is 1.47 bits per heavy atom. The number of halogens is 4. The molecule has 0 saturated carbocycles. The highest BCUT2D eigenvalue weighted by Crippen LogP contribution is 2.35. The molecule has 3 nitrogen and oxygen atoms in total. The third-order valence-electron chi connectivity index (χ3n) is 2.69. The smallest absolute Gasteiger partial charge is 0.204 e. The fourth-order valence-electron chi connectivity index (χ4n) is 1.82. The Hall–Kier alpha value is -1.14. The molecule has 7 heteroatoms. The molecule has 0 aliphatic rings. The zero-order valence-corrected chi connectivity index (χ0v) is 12.6. The summed E-state index contributed by atoms with van der Waals surface area (Å²) >= 11 is 8.75. The Morgan fingerprint density at radius 3 is 2.74 bits per heavy atom. The summed E-state index contributed by atoms with van der Waals surface area (Å²) in [5, 5.41) is 6.91. The van der Waals surface area contributed by atoms with E-state index in [0.717, 1.165) is 0 Å². The first kappa shape index (κ1) is 14.3. The highest BCUT2D eigenvalue weighted by atomic mass is 79.9. The lowest BCUT2D eigenvalue weighted by atomic mass is 10.2. The van der Waals surface area contributed by atoms with Gasteiger partial charge in [-0.25, -0.2) is 8.78 Å². The molecule has 0 fully saturated rings. The van der Waals surface area contributed by atoms with E-state index in [4.69, 9.17) is 11.6 Å². The molecule has 19 heavy (non-hydrogen) atoms. The highest BCUT2D eigenvalue weighted by Gasteiger charge is 2.21. The summed E-state index contributed by atoms with van der Waals surface area (Å²) in [7, 11) is 1.63. The van der Waals surface area contributed by atoms with Crippen LogP contribution in [-0.4, -0.2) is 9.78 Å². The lowest BCUT2D eigenvalue weighted by molar-refractivity contribution is 0.460. The molecule has 0 aliphatic carbocycles. The summed E-state index contributed by atoms with van der Waals surface area (Å²) in [4.78, 5) is 0. The van der Waals surface area contributed by atoms with Crippen molar-refractivity contribution in [2.24, 2.45) is 7.05 Å². The molecule has 1 unspecified atom stereocenters. The van der Waals surface area contributed by atoms with Crippen molar-refractivity contribution in [2.45, 2.75) is 12.6 Å². The van der Waals surface area contributed by atoms with Gasteiger partial charge in [-0.1, -0.05) is 17.7 Å². The lowest BCUT2D eigenvalue weighted by Gasteiger charge is -2.12. The van der Waals surface area contributed by atoms with Crippen LogP contribution in [0, 0.1) is 12.7 Å². The predicted molar refractivity (Wildman–Crippen MR) is 75.0 cm³/mol.